The van der Waals surface area contributed by atoms with Crippen LogP contribution < -0.4 is 5.73 Å². The molecule has 0 radical (unpaired) electrons. The highest BCUT2D eigenvalue weighted by atomic mass is 16.5. The average molecular weight is 255 g/mol. The fourth-order valence-electron chi connectivity index (χ4n) is 1.79. The number of carbonyl (C=O) groups excluding carboxylic acids is 1. The molecular weight excluding hydrogens is 234 g/mol. The smallest absolute Gasteiger partial charge is 0.379 e. The standard InChI is InChI=1S/C12H21N3O3/c1-4-17-12(16)11-14-10(18-15-11)6-9(7-13)5-8(2)3/h8-9H,4-7,13H2,1-3H3. The van der Waals surface area contributed by atoms with E-state index in [0.29, 0.717) is 37.3 Å². The summed E-state index contributed by atoms with van der Waals surface area (Å²) < 4.78 is 9.82. The summed E-state index contributed by atoms with van der Waals surface area (Å²) in [5.74, 6) is 0.716. The first-order valence-corrected chi connectivity index (χ1v) is 6.26. The van der Waals surface area contributed by atoms with Gasteiger partial charge in [0.25, 0.3) is 5.82 Å². The number of nitrogens with two attached hydrogens (primary N) is 1. The summed E-state index contributed by atoms with van der Waals surface area (Å²) in [4.78, 5) is 15.4. The zero-order valence-corrected chi connectivity index (χ0v) is 11.2. The molecule has 1 rings (SSSR count). The van der Waals surface area contributed by atoms with E-state index in [2.05, 4.69) is 24.0 Å². The van der Waals surface area contributed by atoms with Gasteiger partial charge in [0.15, 0.2) is 0 Å². The molecule has 18 heavy (non-hydrogen) atoms. The number of hydrogen-bond donors (Lipinski definition) is 1. The molecule has 0 amide bonds. The second-order valence-corrected chi connectivity index (χ2v) is 4.67. The van der Waals surface area contributed by atoms with E-state index >= 15 is 0 Å². The minimum Gasteiger partial charge on any atom is -0.460 e. The lowest BCUT2D eigenvalue weighted by Gasteiger charge is -2.14. The average Bonchev–Trinajstić information content (AvgIpc) is 2.76. The van der Waals surface area contributed by atoms with Gasteiger partial charge in [0.1, 0.15) is 0 Å². The monoisotopic (exact) mass is 255 g/mol. The molecule has 1 aromatic rings. The molecule has 1 atom stereocenters. The highest BCUT2D eigenvalue weighted by molar-refractivity contribution is 5.84. The van der Waals surface area contributed by atoms with Crippen molar-refractivity contribution in [2.45, 2.75) is 33.6 Å². The van der Waals surface area contributed by atoms with Crippen LogP contribution in [0, 0.1) is 11.8 Å². The fraction of sp³-hybridized carbons (Fsp3) is 0.750. The Kier molecular flexibility index (Phi) is 5.77. The molecule has 0 spiro atoms. The van der Waals surface area contributed by atoms with Gasteiger partial charge in [-0.25, -0.2) is 4.79 Å². The van der Waals surface area contributed by atoms with Gasteiger partial charge in [0, 0.05) is 6.42 Å². The van der Waals surface area contributed by atoms with Gasteiger partial charge >= 0.3 is 5.97 Å². The summed E-state index contributed by atoms with van der Waals surface area (Å²) in [6.45, 7) is 6.86. The summed E-state index contributed by atoms with van der Waals surface area (Å²) in [5.41, 5.74) is 5.70. The maximum Gasteiger partial charge on any atom is 0.379 e. The summed E-state index contributed by atoms with van der Waals surface area (Å²) in [6, 6.07) is 0. The van der Waals surface area contributed by atoms with Crippen molar-refractivity contribution in [2.24, 2.45) is 17.6 Å². The third-order valence-corrected chi connectivity index (χ3v) is 2.53. The van der Waals surface area contributed by atoms with Crippen molar-refractivity contribution in [3.8, 4) is 0 Å². The molecule has 1 heterocycles. The largest absolute Gasteiger partial charge is 0.460 e. The normalized spacial score (nSPS) is 12.7. The maximum atomic E-state index is 11.4. The summed E-state index contributed by atoms with van der Waals surface area (Å²) in [5, 5.41) is 3.60. The molecule has 6 heteroatoms. The van der Waals surface area contributed by atoms with Crippen molar-refractivity contribution in [1.29, 1.82) is 0 Å². The number of rotatable bonds is 7. The lowest BCUT2D eigenvalue weighted by atomic mass is 9.94. The van der Waals surface area contributed by atoms with Crippen LogP contribution in [0.5, 0.6) is 0 Å². The number of esters is 1. The molecule has 1 aromatic heterocycles. The quantitative estimate of drug-likeness (QED) is 0.741. The van der Waals surface area contributed by atoms with Crippen molar-refractivity contribution < 1.29 is 14.1 Å². The number of ether oxygens (including phenoxy) is 1. The Hall–Kier alpha value is -1.43. The molecule has 0 saturated carbocycles. The van der Waals surface area contributed by atoms with Gasteiger partial charge < -0.3 is 15.0 Å². The molecule has 0 fully saturated rings. The molecule has 0 bridgehead atoms. The highest BCUT2D eigenvalue weighted by Crippen LogP contribution is 2.15. The van der Waals surface area contributed by atoms with Crippen LogP contribution in [-0.4, -0.2) is 29.3 Å². The van der Waals surface area contributed by atoms with Crippen molar-refractivity contribution >= 4 is 5.97 Å². The molecule has 0 saturated heterocycles. The lowest BCUT2D eigenvalue weighted by molar-refractivity contribution is 0.0508. The van der Waals surface area contributed by atoms with Crippen LogP contribution >= 0.6 is 0 Å². The highest BCUT2D eigenvalue weighted by Gasteiger charge is 2.18. The first-order valence-electron chi connectivity index (χ1n) is 6.26. The Morgan fingerprint density at radius 2 is 2.22 bits per heavy atom. The van der Waals surface area contributed by atoms with E-state index in [4.69, 9.17) is 15.0 Å². The van der Waals surface area contributed by atoms with Gasteiger partial charge in [-0.2, -0.15) is 4.98 Å². The molecule has 0 aliphatic carbocycles. The minimum absolute atomic E-state index is 0.0211. The third kappa shape index (κ3) is 4.44. The maximum absolute atomic E-state index is 11.4. The zero-order chi connectivity index (χ0) is 13.5. The van der Waals surface area contributed by atoms with Gasteiger partial charge in [-0.05, 0) is 36.9 Å². The SMILES string of the molecule is CCOC(=O)c1noc(CC(CN)CC(C)C)n1. The Labute approximate surface area is 107 Å². The number of hydrogen-bond acceptors (Lipinski definition) is 6. The van der Waals surface area contributed by atoms with Crippen LogP contribution in [0.25, 0.3) is 0 Å². The molecule has 0 aliphatic heterocycles. The topological polar surface area (TPSA) is 91.2 Å². The Morgan fingerprint density at radius 1 is 1.50 bits per heavy atom. The van der Waals surface area contributed by atoms with Crippen LogP contribution in [0.15, 0.2) is 4.52 Å². The third-order valence-electron chi connectivity index (χ3n) is 2.53. The molecule has 1 unspecified atom stereocenters. The fourth-order valence-corrected chi connectivity index (χ4v) is 1.79. The predicted molar refractivity (Wildman–Crippen MR) is 66.0 cm³/mol. The van der Waals surface area contributed by atoms with E-state index in [1.54, 1.807) is 6.92 Å². The van der Waals surface area contributed by atoms with E-state index < -0.39 is 5.97 Å². The van der Waals surface area contributed by atoms with E-state index in [-0.39, 0.29) is 5.82 Å². The van der Waals surface area contributed by atoms with Gasteiger partial charge in [0.2, 0.25) is 5.89 Å². The van der Waals surface area contributed by atoms with E-state index in [1.807, 2.05) is 0 Å². The molecule has 0 aromatic carbocycles. The second kappa shape index (κ2) is 7.10. The van der Waals surface area contributed by atoms with Crippen LogP contribution in [-0.2, 0) is 11.2 Å². The van der Waals surface area contributed by atoms with Crippen LogP contribution in [0.4, 0.5) is 0 Å². The van der Waals surface area contributed by atoms with Crippen LogP contribution in [0.3, 0.4) is 0 Å². The number of nitrogens with zero attached hydrogens (tertiary/aromatic N) is 2. The molecule has 102 valence electrons. The van der Waals surface area contributed by atoms with Gasteiger partial charge in [-0.3, -0.25) is 0 Å². The predicted octanol–water partition coefficient (Wildman–Crippen LogP) is 1.41. The Balaban J connectivity index is 2.59. The molecule has 6 nitrogen and oxygen atoms in total. The zero-order valence-electron chi connectivity index (χ0n) is 11.2. The summed E-state index contributed by atoms with van der Waals surface area (Å²) in [6.07, 6.45) is 1.59. The first-order chi connectivity index (χ1) is 8.56. The lowest BCUT2D eigenvalue weighted by Crippen LogP contribution is -2.19. The second-order valence-electron chi connectivity index (χ2n) is 4.67. The van der Waals surface area contributed by atoms with Gasteiger partial charge in [-0.15, -0.1) is 0 Å². The van der Waals surface area contributed by atoms with Crippen LogP contribution in [0.1, 0.15) is 43.7 Å². The van der Waals surface area contributed by atoms with Gasteiger partial charge in [-0.1, -0.05) is 13.8 Å². The van der Waals surface area contributed by atoms with Crippen molar-refractivity contribution in [2.75, 3.05) is 13.2 Å². The van der Waals surface area contributed by atoms with Crippen molar-refractivity contribution in [3.05, 3.63) is 11.7 Å². The van der Waals surface area contributed by atoms with E-state index in [1.165, 1.54) is 0 Å². The molecule has 2 N–H and O–H groups in total. The van der Waals surface area contributed by atoms with E-state index in [9.17, 15) is 4.79 Å². The summed E-state index contributed by atoms with van der Waals surface area (Å²) >= 11 is 0. The van der Waals surface area contributed by atoms with Crippen molar-refractivity contribution in [1.82, 2.24) is 10.1 Å². The number of aromatic nitrogens is 2. The minimum atomic E-state index is -0.555. The Bertz CT molecular complexity index is 376. The van der Waals surface area contributed by atoms with E-state index in [0.717, 1.165) is 6.42 Å². The van der Waals surface area contributed by atoms with Crippen molar-refractivity contribution in [3.63, 3.8) is 0 Å². The molecular formula is C12H21N3O3. The van der Waals surface area contributed by atoms with Crippen LogP contribution in [0.2, 0.25) is 0 Å². The number of carbonyl (C=O) groups is 1. The summed E-state index contributed by atoms with van der Waals surface area (Å²) in [7, 11) is 0. The Morgan fingerprint density at radius 3 is 2.78 bits per heavy atom. The molecule has 0 aliphatic rings. The first kappa shape index (κ1) is 14.6. The van der Waals surface area contributed by atoms with Gasteiger partial charge in [0.05, 0.1) is 6.61 Å².